The minimum Gasteiger partial charge on any atom is -0.458 e. The SMILES string of the molecule is C=C1C(=O)O[C@@H]2C[C@@]3(C)CC[C@@H](OC(=O)CCN)C(=C)[C@@H]3C[C@H]12. The Morgan fingerprint density at radius 2 is 2.22 bits per heavy atom. The summed E-state index contributed by atoms with van der Waals surface area (Å²) in [5.74, 6) is -0.242. The van der Waals surface area contributed by atoms with E-state index < -0.39 is 0 Å². The Labute approximate surface area is 136 Å². The predicted octanol–water partition coefficient (Wildman–Crippen LogP) is 2.11. The third-order valence-corrected chi connectivity index (χ3v) is 5.88. The van der Waals surface area contributed by atoms with Crippen LogP contribution in [0.5, 0.6) is 0 Å². The quantitative estimate of drug-likeness (QED) is 0.490. The largest absolute Gasteiger partial charge is 0.458 e. The standard InChI is InChI=1S/C18H25NO4/c1-10-12-8-13-11(2)14(22-16(20)5-7-19)4-6-18(13,3)9-15(12)23-17(10)21/h12-15H,1-2,4-9,19H2,3H3/t12-,13+,14-,15-,18-/m1/s1. The lowest BCUT2D eigenvalue weighted by Gasteiger charge is -2.51. The first-order chi connectivity index (χ1) is 10.9. The first-order valence-electron chi connectivity index (χ1n) is 8.33. The van der Waals surface area contributed by atoms with Crippen LogP contribution in [0.4, 0.5) is 0 Å². The molecule has 0 unspecified atom stereocenters. The fourth-order valence-electron chi connectivity index (χ4n) is 4.51. The second kappa shape index (κ2) is 5.78. The minimum absolute atomic E-state index is 0.0416. The van der Waals surface area contributed by atoms with E-state index in [1.165, 1.54) is 0 Å². The van der Waals surface area contributed by atoms with E-state index in [9.17, 15) is 9.59 Å². The average Bonchev–Trinajstić information content (AvgIpc) is 2.75. The predicted molar refractivity (Wildman–Crippen MR) is 85.3 cm³/mol. The molecule has 0 spiro atoms. The molecular weight excluding hydrogens is 294 g/mol. The van der Waals surface area contributed by atoms with Crippen LogP contribution in [0.3, 0.4) is 0 Å². The molecule has 3 rings (SSSR count). The van der Waals surface area contributed by atoms with Gasteiger partial charge in [0.05, 0.1) is 6.42 Å². The summed E-state index contributed by atoms with van der Waals surface area (Å²) in [7, 11) is 0. The van der Waals surface area contributed by atoms with Gasteiger partial charge in [0.1, 0.15) is 12.2 Å². The molecule has 0 aromatic carbocycles. The number of rotatable bonds is 3. The monoisotopic (exact) mass is 319 g/mol. The number of ether oxygens (including phenoxy) is 2. The smallest absolute Gasteiger partial charge is 0.334 e. The molecule has 1 heterocycles. The first kappa shape index (κ1) is 16.2. The third kappa shape index (κ3) is 2.71. The van der Waals surface area contributed by atoms with Crippen LogP contribution in [-0.2, 0) is 19.1 Å². The summed E-state index contributed by atoms with van der Waals surface area (Å²) in [5, 5.41) is 0. The van der Waals surface area contributed by atoms with Gasteiger partial charge in [-0.25, -0.2) is 4.79 Å². The van der Waals surface area contributed by atoms with Crippen LogP contribution in [0, 0.1) is 17.3 Å². The zero-order valence-electron chi connectivity index (χ0n) is 13.7. The molecule has 3 fully saturated rings. The highest BCUT2D eigenvalue weighted by molar-refractivity contribution is 5.90. The lowest BCUT2D eigenvalue weighted by molar-refractivity contribution is -0.152. The van der Waals surface area contributed by atoms with Gasteiger partial charge in [-0.3, -0.25) is 4.79 Å². The Morgan fingerprint density at radius 1 is 1.48 bits per heavy atom. The molecule has 23 heavy (non-hydrogen) atoms. The van der Waals surface area contributed by atoms with Crippen molar-refractivity contribution in [2.75, 3.05) is 6.54 Å². The highest BCUT2D eigenvalue weighted by Gasteiger charge is 2.54. The van der Waals surface area contributed by atoms with Gasteiger partial charge in [-0.15, -0.1) is 0 Å². The number of hydrogen-bond acceptors (Lipinski definition) is 5. The van der Waals surface area contributed by atoms with Crippen molar-refractivity contribution in [2.45, 2.75) is 51.2 Å². The number of carbonyl (C=O) groups is 2. The second-order valence-corrected chi connectivity index (χ2v) is 7.35. The summed E-state index contributed by atoms with van der Waals surface area (Å²) in [6, 6.07) is 0. The van der Waals surface area contributed by atoms with E-state index in [1.807, 2.05) is 0 Å². The molecule has 0 bridgehead atoms. The number of hydrogen-bond donors (Lipinski definition) is 1. The van der Waals surface area contributed by atoms with Gasteiger partial charge in [0.25, 0.3) is 0 Å². The molecule has 2 aliphatic carbocycles. The van der Waals surface area contributed by atoms with Gasteiger partial charge in [-0.2, -0.15) is 0 Å². The summed E-state index contributed by atoms with van der Waals surface area (Å²) >= 11 is 0. The van der Waals surface area contributed by atoms with Gasteiger partial charge in [0, 0.05) is 18.0 Å². The summed E-state index contributed by atoms with van der Waals surface area (Å²) in [6.45, 7) is 10.6. The van der Waals surface area contributed by atoms with Crippen LogP contribution in [0.15, 0.2) is 24.3 Å². The average molecular weight is 319 g/mol. The van der Waals surface area contributed by atoms with Gasteiger partial charge < -0.3 is 15.2 Å². The molecule has 5 nitrogen and oxygen atoms in total. The van der Waals surface area contributed by atoms with Crippen molar-refractivity contribution in [3.05, 3.63) is 24.3 Å². The number of esters is 2. The van der Waals surface area contributed by atoms with Crippen LogP contribution < -0.4 is 5.73 Å². The number of fused-ring (bicyclic) bond motifs is 2. The van der Waals surface area contributed by atoms with Crippen molar-refractivity contribution in [2.24, 2.45) is 23.0 Å². The Bertz CT molecular complexity index is 569. The highest BCUT2D eigenvalue weighted by Crippen LogP contribution is 2.57. The van der Waals surface area contributed by atoms with Crippen LogP contribution in [0.25, 0.3) is 0 Å². The topological polar surface area (TPSA) is 78.6 Å². The molecule has 5 atom stereocenters. The summed E-state index contributed by atoms with van der Waals surface area (Å²) in [6.07, 6.45) is 3.27. The maximum absolute atomic E-state index is 11.8. The van der Waals surface area contributed by atoms with Gasteiger partial charge in [-0.1, -0.05) is 20.1 Å². The van der Waals surface area contributed by atoms with Crippen molar-refractivity contribution in [3.63, 3.8) is 0 Å². The van der Waals surface area contributed by atoms with E-state index >= 15 is 0 Å². The summed E-state index contributed by atoms with van der Waals surface area (Å²) in [4.78, 5) is 23.5. The zero-order valence-corrected chi connectivity index (χ0v) is 13.7. The van der Waals surface area contributed by atoms with Crippen LogP contribution in [0.1, 0.15) is 39.0 Å². The Morgan fingerprint density at radius 3 is 2.91 bits per heavy atom. The van der Waals surface area contributed by atoms with Crippen LogP contribution >= 0.6 is 0 Å². The second-order valence-electron chi connectivity index (χ2n) is 7.35. The van der Waals surface area contributed by atoms with Crippen molar-refractivity contribution in [3.8, 4) is 0 Å². The Hall–Kier alpha value is -1.62. The molecule has 1 aliphatic heterocycles. The minimum atomic E-state index is -0.265. The highest BCUT2D eigenvalue weighted by atomic mass is 16.6. The lowest BCUT2D eigenvalue weighted by Crippen LogP contribution is -2.47. The molecule has 0 radical (unpaired) electrons. The van der Waals surface area contributed by atoms with E-state index in [1.54, 1.807) is 0 Å². The van der Waals surface area contributed by atoms with Gasteiger partial charge in [-0.05, 0) is 42.6 Å². The van der Waals surface area contributed by atoms with Crippen LogP contribution in [-0.4, -0.2) is 30.7 Å². The van der Waals surface area contributed by atoms with Gasteiger partial charge >= 0.3 is 11.9 Å². The zero-order chi connectivity index (χ0) is 16.8. The molecule has 0 amide bonds. The number of carbonyl (C=O) groups excluding carboxylic acids is 2. The molecule has 5 heteroatoms. The van der Waals surface area contributed by atoms with E-state index in [2.05, 4.69) is 20.1 Å². The number of nitrogens with two attached hydrogens (primary N) is 1. The van der Waals surface area contributed by atoms with Crippen molar-refractivity contribution in [1.29, 1.82) is 0 Å². The normalized spacial score (nSPS) is 39.5. The molecule has 3 aliphatic rings. The molecule has 0 aromatic heterocycles. The summed E-state index contributed by atoms with van der Waals surface area (Å²) in [5.41, 5.74) is 6.99. The molecule has 126 valence electrons. The molecule has 0 aromatic rings. The molecule has 1 saturated heterocycles. The maximum atomic E-state index is 11.8. The lowest BCUT2D eigenvalue weighted by atomic mass is 9.55. The molecule has 2 N–H and O–H groups in total. The Balaban J connectivity index is 1.75. The van der Waals surface area contributed by atoms with Crippen molar-refractivity contribution < 1.29 is 19.1 Å². The van der Waals surface area contributed by atoms with E-state index in [4.69, 9.17) is 15.2 Å². The van der Waals surface area contributed by atoms with Crippen molar-refractivity contribution >= 4 is 11.9 Å². The maximum Gasteiger partial charge on any atom is 0.334 e. The molecule has 2 saturated carbocycles. The van der Waals surface area contributed by atoms with Crippen LogP contribution in [0.2, 0.25) is 0 Å². The van der Waals surface area contributed by atoms with Gasteiger partial charge in [0.2, 0.25) is 0 Å². The van der Waals surface area contributed by atoms with E-state index in [0.29, 0.717) is 12.1 Å². The molecular formula is C18H25NO4. The van der Waals surface area contributed by atoms with E-state index in [-0.39, 0.29) is 47.8 Å². The summed E-state index contributed by atoms with van der Waals surface area (Å²) < 4.78 is 11.0. The fourth-order valence-corrected chi connectivity index (χ4v) is 4.51. The first-order valence-corrected chi connectivity index (χ1v) is 8.33. The third-order valence-electron chi connectivity index (χ3n) is 5.88. The van der Waals surface area contributed by atoms with Gasteiger partial charge in [0.15, 0.2) is 0 Å². The van der Waals surface area contributed by atoms with E-state index in [0.717, 1.165) is 31.3 Å². The Kier molecular flexibility index (Phi) is 4.08. The fraction of sp³-hybridized carbons (Fsp3) is 0.667. The van der Waals surface area contributed by atoms with Crippen molar-refractivity contribution in [1.82, 2.24) is 0 Å².